The molecule has 0 spiro atoms. The van der Waals surface area contributed by atoms with Gasteiger partial charge in [0.15, 0.2) is 0 Å². The molecule has 0 amide bonds. The summed E-state index contributed by atoms with van der Waals surface area (Å²) in [6.07, 6.45) is 8.82. The number of ether oxygens (including phenoxy) is 2. The Hall–Kier alpha value is -6.58. The highest BCUT2D eigenvalue weighted by atomic mass is 79.9. The van der Waals surface area contributed by atoms with Crippen LogP contribution in [0.15, 0.2) is 134 Å². The predicted molar refractivity (Wildman–Crippen MR) is 410 cm³/mol. The van der Waals surface area contributed by atoms with Crippen molar-refractivity contribution in [2.45, 2.75) is 45.4 Å². The molecule has 0 bridgehead atoms. The summed E-state index contributed by atoms with van der Waals surface area (Å²) in [5.41, 5.74) is 16.5. The first-order valence-corrected chi connectivity index (χ1v) is 41.2. The molecule has 9 aromatic rings. The summed E-state index contributed by atoms with van der Waals surface area (Å²) in [5.74, 6) is 2.97. The van der Waals surface area contributed by atoms with Crippen LogP contribution < -0.4 is 51.6 Å². The van der Waals surface area contributed by atoms with Crippen molar-refractivity contribution in [2.24, 2.45) is 0 Å². The number of thiazole rings is 2. The van der Waals surface area contributed by atoms with E-state index in [1.807, 2.05) is 60.1 Å². The third-order valence-corrected chi connectivity index (χ3v) is 22.2. The van der Waals surface area contributed by atoms with E-state index in [4.69, 9.17) is 41.5 Å². The van der Waals surface area contributed by atoms with Crippen LogP contribution in [0.2, 0.25) is 5.28 Å². The van der Waals surface area contributed by atoms with Crippen LogP contribution in [-0.2, 0) is 19.2 Å². The first-order chi connectivity index (χ1) is 46.0. The Balaban J connectivity index is 0.000000196. The molecule has 0 saturated carbocycles. The number of aliphatic hydroxyl groups excluding tert-OH is 1. The van der Waals surface area contributed by atoms with Crippen molar-refractivity contribution in [1.82, 2.24) is 39.7 Å². The Morgan fingerprint density at radius 3 is 1.52 bits per heavy atom. The van der Waals surface area contributed by atoms with Gasteiger partial charge >= 0.3 is 0 Å². The minimum atomic E-state index is -4.02. The lowest BCUT2D eigenvalue weighted by molar-refractivity contribution is 0.287. The van der Waals surface area contributed by atoms with Crippen LogP contribution in [0.25, 0.3) is 21.1 Å². The molecule has 4 aromatic heterocycles. The molecule has 0 radical (unpaired) electrons. The zero-order valence-corrected chi connectivity index (χ0v) is 64.6. The minimum absolute atomic E-state index is 0.0666. The number of hydrogen-bond donors (Lipinski definition) is 6. The number of nitrogens with zero attached hydrogens (tertiary/aromatic N) is 10. The van der Waals surface area contributed by atoms with Crippen LogP contribution in [-0.4, -0.2) is 172 Å². The van der Waals surface area contributed by atoms with Crippen molar-refractivity contribution in [3.63, 3.8) is 0 Å². The Morgan fingerprint density at radius 1 is 0.629 bits per heavy atom. The number of halogens is 3. The number of hydrogen-bond acceptors (Lipinski definition) is 23. The van der Waals surface area contributed by atoms with Crippen molar-refractivity contribution < 1.29 is 36.7 Å². The van der Waals surface area contributed by atoms with E-state index in [9.17, 15) is 17.5 Å². The number of likely N-dealkylation sites (N-methyl/N-ethyl adjacent to an activating group) is 2. The lowest BCUT2D eigenvalue weighted by Gasteiger charge is -2.35. The normalized spacial score (nSPS) is 13.5. The zero-order chi connectivity index (χ0) is 70.8. The first kappa shape index (κ1) is 77.8. The average molecular weight is 1570 g/mol. The zero-order valence-electron chi connectivity index (χ0n) is 56.5. The largest absolute Gasteiger partial charge is 0.495 e. The molecule has 5 aromatic carbocycles. The maximum Gasteiger partial charge on any atom is 0.294 e. The number of methoxy groups -OCH3 is 2. The third-order valence-electron chi connectivity index (χ3n) is 15.3. The molecule has 6 heterocycles. The summed E-state index contributed by atoms with van der Waals surface area (Å²) in [4.78, 5) is 35.4. The predicted octanol–water partition coefficient (Wildman–Crippen LogP) is 14.5. The summed E-state index contributed by atoms with van der Waals surface area (Å²) in [6.45, 7) is 23.8. The number of benzene rings is 5. The van der Waals surface area contributed by atoms with E-state index in [0.717, 1.165) is 137 Å². The van der Waals surface area contributed by atoms with E-state index < -0.39 is 24.4 Å². The molecule has 0 atom stereocenters. The molecule has 30 heteroatoms. The van der Waals surface area contributed by atoms with Crippen molar-refractivity contribution >= 4 is 153 Å². The number of unbranched alkanes of at least 4 members (excludes halogenated alkanes) is 1. The van der Waals surface area contributed by atoms with Crippen LogP contribution in [0.5, 0.6) is 11.5 Å². The number of nitrogens with two attached hydrogens (primary N) is 1. The lowest BCUT2D eigenvalue weighted by Crippen LogP contribution is -2.44. The lowest BCUT2D eigenvalue weighted by atomic mass is 10.1. The highest BCUT2D eigenvalue weighted by Gasteiger charge is 2.24. The third kappa shape index (κ3) is 22.7. The van der Waals surface area contributed by atoms with E-state index in [-0.39, 0.29) is 10.2 Å². The fraction of sp³-hybridized carbons (Fsp3) is 0.343. The van der Waals surface area contributed by atoms with E-state index in [0.29, 0.717) is 38.8 Å². The topological polar surface area (TPSA) is 280 Å². The second kappa shape index (κ2) is 36.0. The molecular weight excluding hydrogens is 1480 g/mol. The molecule has 0 unspecified atom stereocenters. The Morgan fingerprint density at radius 2 is 1.09 bits per heavy atom. The Bertz CT molecular complexity index is 4270. The molecule has 2 aliphatic rings. The number of anilines is 9. The number of aryl methyl sites for hydroxylation is 3. The van der Waals surface area contributed by atoms with Crippen LogP contribution in [0.1, 0.15) is 36.5 Å². The van der Waals surface area contributed by atoms with Crippen molar-refractivity contribution in [2.75, 3.05) is 145 Å². The number of nitrogens with one attached hydrogen (secondary N) is 3. The highest BCUT2D eigenvalue weighted by molar-refractivity contribution is 9.11. The van der Waals surface area contributed by atoms with Crippen LogP contribution >= 0.6 is 80.4 Å². The quantitative estimate of drug-likeness (QED) is 0.0214. The molecular formula is C67H85Br2ClN14O8P2S3. The summed E-state index contributed by atoms with van der Waals surface area (Å²) in [6, 6.07) is 25.8. The fourth-order valence-corrected chi connectivity index (χ4v) is 14.7. The molecule has 11 rings (SSSR count). The number of rotatable bonds is 17. The second-order valence-electron chi connectivity index (χ2n) is 23.6. The molecule has 97 heavy (non-hydrogen) atoms. The molecule has 22 nitrogen and oxygen atoms in total. The van der Waals surface area contributed by atoms with Gasteiger partial charge < -0.3 is 65.0 Å². The molecule has 7 N–H and O–H groups in total. The van der Waals surface area contributed by atoms with Gasteiger partial charge in [0, 0.05) is 140 Å². The fourth-order valence-electron chi connectivity index (χ4n) is 9.95. The van der Waals surface area contributed by atoms with Gasteiger partial charge in [0.25, 0.3) is 10.1 Å². The summed E-state index contributed by atoms with van der Waals surface area (Å²) in [7, 11) is -1.52. The summed E-state index contributed by atoms with van der Waals surface area (Å²) >= 11 is 15.9. The van der Waals surface area contributed by atoms with Crippen LogP contribution in [0, 0.1) is 20.8 Å². The van der Waals surface area contributed by atoms with E-state index in [1.165, 1.54) is 29.1 Å². The van der Waals surface area contributed by atoms with E-state index in [2.05, 4.69) is 145 Å². The van der Waals surface area contributed by atoms with Gasteiger partial charge in [-0.25, -0.2) is 19.9 Å². The van der Waals surface area contributed by atoms with Crippen molar-refractivity contribution in [3.05, 3.63) is 151 Å². The van der Waals surface area contributed by atoms with Crippen LogP contribution in [0.4, 0.5) is 51.7 Å². The Labute approximate surface area is 599 Å². The van der Waals surface area contributed by atoms with Gasteiger partial charge in [0.05, 0.1) is 50.8 Å². The smallest absolute Gasteiger partial charge is 0.294 e. The highest BCUT2D eigenvalue weighted by Crippen LogP contribution is 2.43. The van der Waals surface area contributed by atoms with Gasteiger partial charge in [0.1, 0.15) is 47.4 Å². The summed E-state index contributed by atoms with van der Waals surface area (Å²) < 4.78 is 68.0. The SMILES string of the molecule is CCCCO.COc1cc(N2CCN(C)CC2)c(C)cc1N.COc1cc(N2CCN(C)CC2)c(C)cc1Nc1ncc(Br)c(Nc2ccc(-c3nccs3)cc2P(C)(C)=O)n1.CP(C)(=O)c1cc(-c2nccs2)ccc1Nc1nc(Cl)ncc1Br.Cc1ccc(S(=O)(=O)O)cc1. The number of nitrogen functional groups attached to an aromatic ring is 1. The monoisotopic (exact) mass is 1560 g/mol. The van der Waals surface area contributed by atoms with E-state index in [1.54, 1.807) is 100 Å². The van der Waals surface area contributed by atoms with E-state index >= 15 is 0 Å². The van der Waals surface area contributed by atoms with Gasteiger partial charge in [-0.3, -0.25) is 4.55 Å². The molecule has 0 aliphatic carbocycles. The average Bonchev–Trinajstić information content (AvgIpc) is 1.32. The van der Waals surface area contributed by atoms with Gasteiger partial charge in [-0.2, -0.15) is 18.4 Å². The van der Waals surface area contributed by atoms with Crippen molar-refractivity contribution in [3.8, 4) is 32.6 Å². The van der Waals surface area contributed by atoms with Crippen molar-refractivity contribution in [1.29, 1.82) is 0 Å². The maximum absolute atomic E-state index is 13.3. The summed E-state index contributed by atoms with van der Waals surface area (Å²) in [5, 5.41) is 25.2. The van der Waals surface area contributed by atoms with Gasteiger partial charge in [-0.15, -0.1) is 22.7 Å². The second-order valence-corrected chi connectivity index (χ2v) is 35.2. The van der Waals surface area contributed by atoms with Gasteiger partial charge in [-0.1, -0.05) is 31.0 Å². The maximum atomic E-state index is 13.3. The number of piperazine rings is 2. The van der Waals surface area contributed by atoms with Crippen LogP contribution in [0.3, 0.4) is 0 Å². The van der Waals surface area contributed by atoms with Gasteiger partial charge in [-0.05, 0) is 183 Å². The molecule has 2 saturated heterocycles. The molecule has 2 fully saturated rings. The standard InChI is InChI=1S/C28H33BrN7O2PS.C15H13BrClN4OPS.C13H21N3O.C7H8O3S.C4H10O/c1-18-14-22(24(38-3)16-23(18)36-11-9-35(2)10-12-36)33-28-31-17-20(29)26(34-28)32-21-7-6-19(27-30-8-13-40-27)15-25(21)39(4,5)37;1-23(2,22)12-7-9(14-18-5-6-24-14)3-4-11(12)20-13-10(16)8-19-15(17)21-13;1-10-8-11(14)13(17-3)9-12(10)16-6-4-15(2)5-7-16;1-6-2-4-7(5-3-6)11(8,9)10;1-2-3-4-5/h6-8,13-17H,9-12H2,1-5H3,(H2,31,32,33,34);3-8H,1-2H3,(H,19,20,21);8-9H,4-7,14H2,1-3H3;2-5H,1H3,(H,8,9,10);5H,2-4H2,1H3. The molecule has 520 valence electrons. The molecule has 2 aliphatic heterocycles. The Kier molecular flexibility index (Phi) is 28.8. The number of aliphatic hydroxyl groups is 1. The minimum Gasteiger partial charge on any atom is -0.495 e. The van der Waals surface area contributed by atoms with Gasteiger partial charge in [0.2, 0.25) is 11.2 Å². The first-order valence-electron chi connectivity index (χ1n) is 30.8. The number of aromatic nitrogens is 6.